The second-order valence-electron chi connectivity index (χ2n) is 6.52. The maximum Gasteiger partial charge on any atom is 0.200 e. The zero-order valence-corrected chi connectivity index (χ0v) is 16.2. The Morgan fingerprint density at radius 2 is 1.80 bits per heavy atom. The molecule has 150 valence electrons. The molecule has 3 aromatic carbocycles. The fourth-order valence-corrected chi connectivity index (χ4v) is 3.08. The van der Waals surface area contributed by atoms with Crippen molar-refractivity contribution in [2.45, 2.75) is 0 Å². The smallest absolute Gasteiger partial charge is 0.200 e. The van der Waals surface area contributed by atoms with Crippen molar-refractivity contribution in [1.29, 1.82) is 0 Å². The van der Waals surface area contributed by atoms with Gasteiger partial charge in [-0.1, -0.05) is 35.5 Å². The summed E-state index contributed by atoms with van der Waals surface area (Å²) in [5.74, 6) is 0.167. The number of ether oxygens (including phenoxy) is 1. The lowest BCUT2D eigenvalue weighted by Gasteiger charge is -2.10. The van der Waals surface area contributed by atoms with E-state index in [1.54, 1.807) is 30.3 Å². The maximum absolute atomic E-state index is 13.2. The fraction of sp³-hybridized carbons (Fsp3) is 0.0833. The Hall–Kier alpha value is -3.93. The van der Waals surface area contributed by atoms with E-state index in [1.807, 2.05) is 30.3 Å². The third kappa shape index (κ3) is 4.07. The second kappa shape index (κ2) is 8.61. The first-order chi connectivity index (χ1) is 14.7. The Morgan fingerprint density at radius 1 is 1.03 bits per heavy atom. The Balaban J connectivity index is 1.58. The highest BCUT2D eigenvalue weighted by Crippen LogP contribution is 2.23. The van der Waals surface area contributed by atoms with E-state index in [-0.39, 0.29) is 17.9 Å². The normalized spacial score (nSPS) is 11.5. The molecule has 4 rings (SSSR count). The van der Waals surface area contributed by atoms with Crippen LogP contribution in [0.25, 0.3) is 22.1 Å². The van der Waals surface area contributed by atoms with E-state index >= 15 is 0 Å². The average molecular weight is 403 g/mol. The van der Waals surface area contributed by atoms with Crippen LogP contribution in [-0.2, 0) is 4.84 Å². The molecule has 0 aliphatic heterocycles. The first kappa shape index (κ1) is 19.4. The number of rotatable bonds is 6. The molecule has 0 aliphatic carbocycles. The van der Waals surface area contributed by atoms with Crippen molar-refractivity contribution in [3.63, 3.8) is 0 Å². The van der Waals surface area contributed by atoms with Crippen LogP contribution >= 0.6 is 0 Å². The molecule has 0 amide bonds. The first-order valence-corrected chi connectivity index (χ1v) is 9.25. The Kier molecular flexibility index (Phi) is 5.57. The number of fused-ring (bicyclic) bond motifs is 1. The van der Waals surface area contributed by atoms with Crippen molar-refractivity contribution in [2.24, 2.45) is 5.16 Å². The van der Waals surface area contributed by atoms with E-state index in [2.05, 4.69) is 5.16 Å². The molecule has 0 radical (unpaired) electrons. The molecule has 0 atom stereocenters. The monoisotopic (exact) mass is 403 g/mol. The fourth-order valence-electron chi connectivity index (χ4n) is 3.08. The molecule has 0 bridgehead atoms. The summed E-state index contributed by atoms with van der Waals surface area (Å²) >= 11 is 0. The molecule has 0 spiro atoms. The number of benzene rings is 3. The molecule has 6 heteroatoms. The van der Waals surface area contributed by atoms with Gasteiger partial charge in [0.1, 0.15) is 42.8 Å². The number of oxime groups is 1. The Bertz CT molecular complexity index is 1250. The molecule has 0 saturated heterocycles. The number of hydrogen-bond acceptors (Lipinski definition) is 5. The standard InChI is InChI=1S/C24H18FNO4/c1-28-26-22(17-7-9-18(25)10-8-17)15-29-19-11-12-20-23(13-19)30-14-21(24(20)27)16-5-3-2-4-6-16/h2-14H,15H2,1H3/b26-22-. The van der Waals surface area contributed by atoms with E-state index in [0.29, 0.717) is 33.6 Å². The topological polar surface area (TPSA) is 61.0 Å². The van der Waals surface area contributed by atoms with Gasteiger partial charge in [0.2, 0.25) is 0 Å². The van der Waals surface area contributed by atoms with Gasteiger partial charge in [0.05, 0.1) is 10.9 Å². The van der Waals surface area contributed by atoms with Gasteiger partial charge in [-0.3, -0.25) is 4.79 Å². The lowest BCUT2D eigenvalue weighted by atomic mass is 10.1. The van der Waals surface area contributed by atoms with Gasteiger partial charge < -0.3 is 14.0 Å². The maximum atomic E-state index is 13.2. The second-order valence-corrected chi connectivity index (χ2v) is 6.52. The van der Waals surface area contributed by atoms with Crippen LogP contribution < -0.4 is 10.2 Å². The van der Waals surface area contributed by atoms with Gasteiger partial charge in [0.15, 0.2) is 5.43 Å². The van der Waals surface area contributed by atoms with Gasteiger partial charge in [-0.05, 0) is 42.0 Å². The van der Waals surface area contributed by atoms with Crippen molar-refractivity contribution in [2.75, 3.05) is 13.7 Å². The van der Waals surface area contributed by atoms with Crippen LogP contribution in [0.3, 0.4) is 0 Å². The predicted molar refractivity (Wildman–Crippen MR) is 113 cm³/mol. The zero-order chi connectivity index (χ0) is 20.9. The van der Waals surface area contributed by atoms with Crippen molar-refractivity contribution in [3.05, 3.63) is 101 Å². The summed E-state index contributed by atoms with van der Waals surface area (Å²) < 4.78 is 24.7. The SMILES string of the molecule is CO/N=C(/COc1ccc2c(=O)c(-c3ccccc3)coc2c1)c1ccc(F)cc1. The Labute approximate surface area is 172 Å². The Morgan fingerprint density at radius 3 is 2.53 bits per heavy atom. The largest absolute Gasteiger partial charge is 0.487 e. The van der Waals surface area contributed by atoms with E-state index in [4.69, 9.17) is 14.0 Å². The summed E-state index contributed by atoms with van der Waals surface area (Å²) in [7, 11) is 1.43. The van der Waals surface area contributed by atoms with E-state index in [9.17, 15) is 9.18 Å². The highest BCUT2D eigenvalue weighted by Gasteiger charge is 2.11. The molecular formula is C24H18FNO4. The minimum Gasteiger partial charge on any atom is -0.487 e. The van der Waals surface area contributed by atoms with E-state index in [1.165, 1.54) is 25.5 Å². The van der Waals surface area contributed by atoms with Gasteiger partial charge >= 0.3 is 0 Å². The molecule has 0 saturated carbocycles. The summed E-state index contributed by atoms with van der Waals surface area (Å²) in [6.07, 6.45) is 1.46. The van der Waals surface area contributed by atoms with E-state index < -0.39 is 0 Å². The quantitative estimate of drug-likeness (QED) is 0.335. The predicted octanol–water partition coefficient (Wildman–Crippen LogP) is 5.03. The molecule has 1 heterocycles. The van der Waals surface area contributed by atoms with Crippen LogP contribution in [0.1, 0.15) is 5.56 Å². The first-order valence-electron chi connectivity index (χ1n) is 9.25. The van der Waals surface area contributed by atoms with Crippen molar-refractivity contribution >= 4 is 16.7 Å². The highest BCUT2D eigenvalue weighted by molar-refractivity contribution is 6.01. The van der Waals surface area contributed by atoms with Crippen molar-refractivity contribution < 1.29 is 18.4 Å². The van der Waals surface area contributed by atoms with Gasteiger partial charge in [-0.15, -0.1) is 0 Å². The summed E-state index contributed by atoms with van der Waals surface area (Å²) in [5.41, 5.74) is 2.79. The number of nitrogens with zero attached hydrogens (tertiary/aromatic N) is 1. The molecule has 0 N–H and O–H groups in total. The van der Waals surface area contributed by atoms with E-state index in [0.717, 1.165) is 5.56 Å². The number of hydrogen-bond donors (Lipinski definition) is 0. The molecule has 1 aromatic heterocycles. The molecule has 4 aromatic rings. The lowest BCUT2D eigenvalue weighted by molar-refractivity contribution is 0.210. The van der Waals surface area contributed by atoms with Gasteiger partial charge in [0.25, 0.3) is 0 Å². The zero-order valence-electron chi connectivity index (χ0n) is 16.2. The van der Waals surface area contributed by atoms with Gasteiger partial charge in [0, 0.05) is 11.6 Å². The summed E-state index contributed by atoms with van der Waals surface area (Å²) in [6, 6.07) is 20.3. The van der Waals surface area contributed by atoms with Gasteiger partial charge in [-0.2, -0.15) is 0 Å². The summed E-state index contributed by atoms with van der Waals surface area (Å²) in [4.78, 5) is 17.7. The molecular weight excluding hydrogens is 385 g/mol. The van der Waals surface area contributed by atoms with Crippen LogP contribution in [0.5, 0.6) is 5.75 Å². The molecule has 0 fully saturated rings. The highest BCUT2D eigenvalue weighted by atomic mass is 19.1. The van der Waals surface area contributed by atoms with Crippen LogP contribution in [-0.4, -0.2) is 19.4 Å². The molecule has 0 unspecified atom stereocenters. The third-order valence-corrected chi connectivity index (χ3v) is 4.59. The number of halogens is 1. The van der Waals surface area contributed by atoms with Crippen molar-refractivity contribution in [1.82, 2.24) is 0 Å². The molecule has 5 nitrogen and oxygen atoms in total. The van der Waals surface area contributed by atoms with Crippen LogP contribution in [0.2, 0.25) is 0 Å². The van der Waals surface area contributed by atoms with Crippen LogP contribution in [0.4, 0.5) is 4.39 Å². The average Bonchev–Trinajstić information content (AvgIpc) is 2.78. The van der Waals surface area contributed by atoms with Crippen LogP contribution in [0.15, 0.2) is 93.4 Å². The van der Waals surface area contributed by atoms with Crippen LogP contribution in [0, 0.1) is 5.82 Å². The minimum absolute atomic E-state index is 0.0946. The lowest BCUT2D eigenvalue weighted by Crippen LogP contribution is -2.13. The minimum atomic E-state index is -0.337. The van der Waals surface area contributed by atoms with Crippen molar-refractivity contribution in [3.8, 4) is 16.9 Å². The van der Waals surface area contributed by atoms with Gasteiger partial charge in [-0.25, -0.2) is 4.39 Å². The summed E-state index contributed by atoms with van der Waals surface area (Å²) in [6.45, 7) is 0.0946. The third-order valence-electron chi connectivity index (χ3n) is 4.59. The molecule has 0 aliphatic rings. The molecule has 30 heavy (non-hydrogen) atoms. The summed E-state index contributed by atoms with van der Waals surface area (Å²) in [5, 5.41) is 4.42.